The second kappa shape index (κ2) is 5.66. The first-order valence-corrected chi connectivity index (χ1v) is 5.50. The molecule has 2 rings (SSSR count). The molecule has 0 aliphatic carbocycles. The largest absolute Gasteiger partial charge is 0.481 e. The standard InChI is InChI=1S/C13H15NO4/c1-16-8-12-10(7-15)5-11(18-12)9-3-4-13(17-2)14-6-9/h3-6,15H,7-8H2,1-2H3. The van der Waals surface area contributed by atoms with Gasteiger partial charge in [0.05, 0.1) is 13.7 Å². The maximum absolute atomic E-state index is 9.24. The van der Waals surface area contributed by atoms with Crippen molar-refractivity contribution in [1.29, 1.82) is 0 Å². The first kappa shape index (κ1) is 12.6. The van der Waals surface area contributed by atoms with Crippen LogP contribution in [-0.4, -0.2) is 24.3 Å². The molecule has 18 heavy (non-hydrogen) atoms. The summed E-state index contributed by atoms with van der Waals surface area (Å²) in [4.78, 5) is 4.11. The fourth-order valence-electron chi connectivity index (χ4n) is 1.64. The molecule has 5 nitrogen and oxygen atoms in total. The Morgan fingerprint density at radius 2 is 2.17 bits per heavy atom. The minimum absolute atomic E-state index is 0.0776. The fraction of sp³-hybridized carbons (Fsp3) is 0.308. The molecule has 0 bridgehead atoms. The topological polar surface area (TPSA) is 64.7 Å². The summed E-state index contributed by atoms with van der Waals surface area (Å²) >= 11 is 0. The number of aliphatic hydroxyl groups excluding tert-OH is 1. The van der Waals surface area contributed by atoms with Gasteiger partial charge in [-0.05, 0) is 12.1 Å². The van der Waals surface area contributed by atoms with E-state index in [0.717, 1.165) is 11.1 Å². The van der Waals surface area contributed by atoms with E-state index in [-0.39, 0.29) is 6.61 Å². The predicted octanol–water partition coefficient (Wildman–Crippen LogP) is 1.99. The Bertz CT molecular complexity index is 504. The van der Waals surface area contributed by atoms with Crippen LogP contribution in [0.15, 0.2) is 28.8 Å². The molecule has 0 radical (unpaired) electrons. The van der Waals surface area contributed by atoms with E-state index in [4.69, 9.17) is 13.9 Å². The molecule has 0 aromatic carbocycles. The Morgan fingerprint density at radius 3 is 2.72 bits per heavy atom. The first-order chi connectivity index (χ1) is 8.78. The van der Waals surface area contributed by atoms with Gasteiger partial charge in [-0.25, -0.2) is 4.98 Å². The quantitative estimate of drug-likeness (QED) is 0.877. The Hall–Kier alpha value is -1.85. The summed E-state index contributed by atoms with van der Waals surface area (Å²) in [7, 11) is 3.15. The maximum Gasteiger partial charge on any atom is 0.212 e. The summed E-state index contributed by atoms with van der Waals surface area (Å²) < 4.78 is 15.6. The molecule has 2 heterocycles. The molecule has 1 N–H and O–H groups in total. The van der Waals surface area contributed by atoms with E-state index < -0.39 is 0 Å². The van der Waals surface area contributed by atoms with Gasteiger partial charge in [0, 0.05) is 30.5 Å². The highest BCUT2D eigenvalue weighted by Gasteiger charge is 2.12. The van der Waals surface area contributed by atoms with E-state index in [9.17, 15) is 5.11 Å². The zero-order chi connectivity index (χ0) is 13.0. The Kier molecular flexibility index (Phi) is 3.96. The van der Waals surface area contributed by atoms with Crippen molar-refractivity contribution in [2.24, 2.45) is 0 Å². The average molecular weight is 249 g/mol. The molecular formula is C13H15NO4. The number of aromatic nitrogens is 1. The van der Waals surface area contributed by atoms with Gasteiger partial charge in [0.1, 0.15) is 18.1 Å². The normalized spacial score (nSPS) is 10.6. The molecule has 2 aromatic rings. The SMILES string of the molecule is COCc1oc(-c2ccc(OC)nc2)cc1CO. The summed E-state index contributed by atoms with van der Waals surface area (Å²) in [5.74, 6) is 1.83. The lowest BCUT2D eigenvalue weighted by Gasteiger charge is -1.99. The number of rotatable bonds is 5. The molecule has 96 valence electrons. The highest BCUT2D eigenvalue weighted by atomic mass is 16.5. The summed E-state index contributed by atoms with van der Waals surface area (Å²) in [6, 6.07) is 5.40. The summed E-state index contributed by atoms with van der Waals surface area (Å²) in [5, 5.41) is 9.24. The van der Waals surface area contributed by atoms with E-state index in [1.807, 2.05) is 6.07 Å². The predicted molar refractivity (Wildman–Crippen MR) is 65.1 cm³/mol. The minimum Gasteiger partial charge on any atom is -0.481 e. The number of methoxy groups -OCH3 is 2. The number of hydrogen-bond donors (Lipinski definition) is 1. The summed E-state index contributed by atoms with van der Waals surface area (Å²) in [6.07, 6.45) is 1.66. The van der Waals surface area contributed by atoms with Gasteiger partial charge in [-0.2, -0.15) is 0 Å². The smallest absolute Gasteiger partial charge is 0.212 e. The zero-order valence-corrected chi connectivity index (χ0v) is 10.3. The Morgan fingerprint density at radius 1 is 1.33 bits per heavy atom. The second-order valence-corrected chi connectivity index (χ2v) is 3.74. The number of furan rings is 1. The Balaban J connectivity index is 2.31. The number of aliphatic hydroxyl groups is 1. The Labute approximate surface area is 105 Å². The number of pyridine rings is 1. The van der Waals surface area contributed by atoms with Crippen LogP contribution in [0, 0.1) is 0 Å². The van der Waals surface area contributed by atoms with Crippen LogP contribution < -0.4 is 4.74 Å². The van der Waals surface area contributed by atoms with Gasteiger partial charge < -0.3 is 19.0 Å². The van der Waals surface area contributed by atoms with Gasteiger partial charge in [-0.15, -0.1) is 0 Å². The van der Waals surface area contributed by atoms with E-state index >= 15 is 0 Å². The molecule has 0 aliphatic heterocycles. The van der Waals surface area contributed by atoms with Gasteiger partial charge in [0.2, 0.25) is 5.88 Å². The van der Waals surface area contributed by atoms with Crippen molar-refractivity contribution in [1.82, 2.24) is 4.98 Å². The van der Waals surface area contributed by atoms with Crippen molar-refractivity contribution in [3.05, 3.63) is 35.7 Å². The van der Waals surface area contributed by atoms with Crippen molar-refractivity contribution in [2.75, 3.05) is 14.2 Å². The highest BCUT2D eigenvalue weighted by molar-refractivity contribution is 5.58. The van der Waals surface area contributed by atoms with E-state index in [1.165, 1.54) is 0 Å². The van der Waals surface area contributed by atoms with E-state index in [1.54, 1.807) is 32.5 Å². The van der Waals surface area contributed by atoms with Gasteiger partial charge in [0.15, 0.2) is 0 Å². The van der Waals surface area contributed by atoms with Gasteiger partial charge in [-0.3, -0.25) is 0 Å². The van der Waals surface area contributed by atoms with Crippen LogP contribution in [0.5, 0.6) is 5.88 Å². The second-order valence-electron chi connectivity index (χ2n) is 3.74. The molecule has 0 saturated heterocycles. The van der Waals surface area contributed by atoms with Crippen LogP contribution in [0.2, 0.25) is 0 Å². The number of ether oxygens (including phenoxy) is 2. The molecule has 2 aromatic heterocycles. The molecule has 0 saturated carbocycles. The average Bonchev–Trinajstić information content (AvgIpc) is 2.82. The minimum atomic E-state index is -0.0776. The lowest BCUT2D eigenvalue weighted by atomic mass is 10.2. The van der Waals surface area contributed by atoms with Crippen molar-refractivity contribution >= 4 is 0 Å². The number of nitrogens with zero attached hydrogens (tertiary/aromatic N) is 1. The summed E-state index contributed by atoms with van der Waals surface area (Å²) in [5.41, 5.74) is 1.55. The van der Waals surface area contributed by atoms with Crippen LogP contribution in [0.1, 0.15) is 11.3 Å². The van der Waals surface area contributed by atoms with Crippen LogP contribution in [0.25, 0.3) is 11.3 Å². The lowest BCUT2D eigenvalue weighted by Crippen LogP contribution is -1.90. The molecule has 0 spiro atoms. The molecule has 0 aliphatic rings. The van der Waals surface area contributed by atoms with Crippen LogP contribution in [0.4, 0.5) is 0 Å². The maximum atomic E-state index is 9.24. The lowest BCUT2D eigenvalue weighted by molar-refractivity contribution is 0.161. The van der Waals surface area contributed by atoms with Crippen LogP contribution in [0.3, 0.4) is 0 Å². The molecule has 0 fully saturated rings. The van der Waals surface area contributed by atoms with Gasteiger partial charge in [-0.1, -0.05) is 0 Å². The van der Waals surface area contributed by atoms with Crippen LogP contribution >= 0.6 is 0 Å². The third-order valence-corrected chi connectivity index (χ3v) is 2.57. The van der Waals surface area contributed by atoms with Crippen molar-refractivity contribution in [3.8, 4) is 17.2 Å². The molecule has 5 heteroatoms. The van der Waals surface area contributed by atoms with Crippen LogP contribution in [-0.2, 0) is 18.0 Å². The van der Waals surface area contributed by atoms with Crippen molar-refractivity contribution < 1.29 is 19.0 Å². The fourth-order valence-corrected chi connectivity index (χ4v) is 1.64. The van der Waals surface area contributed by atoms with E-state index in [2.05, 4.69) is 4.98 Å². The molecule has 0 amide bonds. The zero-order valence-electron chi connectivity index (χ0n) is 10.3. The molecule has 0 unspecified atom stereocenters. The van der Waals surface area contributed by atoms with Crippen molar-refractivity contribution in [3.63, 3.8) is 0 Å². The highest BCUT2D eigenvalue weighted by Crippen LogP contribution is 2.26. The molecule has 0 atom stereocenters. The third kappa shape index (κ3) is 2.52. The van der Waals surface area contributed by atoms with Gasteiger partial charge in [0.25, 0.3) is 0 Å². The summed E-state index contributed by atoms with van der Waals surface area (Å²) in [6.45, 7) is 0.255. The third-order valence-electron chi connectivity index (χ3n) is 2.57. The molecular weight excluding hydrogens is 234 g/mol. The van der Waals surface area contributed by atoms with E-state index in [0.29, 0.717) is 24.0 Å². The van der Waals surface area contributed by atoms with Gasteiger partial charge >= 0.3 is 0 Å². The number of hydrogen-bond acceptors (Lipinski definition) is 5. The van der Waals surface area contributed by atoms with Crippen molar-refractivity contribution in [2.45, 2.75) is 13.2 Å². The monoisotopic (exact) mass is 249 g/mol. The first-order valence-electron chi connectivity index (χ1n) is 5.50.